The fourth-order valence-electron chi connectivity index (χ4n) is 0.848. The van der Waals surface area contributed by atoms with Crippen LogP contribution in [0.15, 0.2) is 25.6 Å². The van der Waals surface area contributed by atoms with Crippen LogP contribution in [0.2, 0.25) is 0 Å². The lowest BCUT2D eigenvalue weighted by molar-refractivity contribution is 1.10. The molecule has 1 rings (SSSR count). The van der Waals surface area contributed by atoms with Gasteiger partial charge in [-0.2, -0.15) is 0 Å². The number of benzene rings is 1. The summed E-state index contributed by atoms with van der Waals surface area (Å²) in [5.74, 6) is 0. The van der Waals surface area contributed by atoms with Crippen LogP contribution < -0.4 is 0 Å². The zero-order valence-corrected chi connectivity index (χ0v) is 12.6. The molecule has 0 fully saturated rings. The predicted octanol–water partition coefficient (Wildman–Crippen LogP) is 5.43. The van der Waals surface area contributed by atoms with E-state index in [0.29, 0.717) is 4.83 Å². The van der Waals surface area contributed by atoms with Gasteiger partial charge in [-0.25, -0.2) is 0 Å². The van der Waals surface area contributed by atoms with Gasteiger partial charge in [0.1, 0.15) is 0 Å². The van der Waals surface area contributed by atoms with Crippen molar-refractivity contribution in [3.05, 3.63) is 31.1 Å². The molecule has 0 N–H and O–H groups in total. The van der Waals surface area contributed by atoms with E-state index in [2.05, 4.69) is 76.7 Å². The quantitative estimate of drug-likeness (QED) is 0.419. The lowest BCUT2D eigenvalue weighted by Gasteiger charge is -2.09. The normalized spacial score (nSPS) is 13.1. The van der Waals surface area contributed by atoms with Crippen LogP contribution >= 0.6 is 63.7 Å². The zero-order chi connectivity index (χ0) is 9.30. The fourth-order valence-corrected chi connectivity index (χ4v) is 3.18. The van der Waals surface area contributed by atoms with E-state index in [0.717, 1.165) is 13.4 Å². The Bertz CT molecular complexity index is 293. The van der Waals surface area contributed by atoms with E-state index < -0.39 is 0 Å². The second-order valence-electron chi connectivity index (χ2n) is 2.38. The minimum atomic E-state index is 0.358. The lowest BCUT2D eigenvalue weighted by Crippen LogP contribution is -1.87. The Labute approximate surface area is 106 Å². The third-order valence-electron chi connectivity index (χ3n) is 1.49. The van der Waals surface area contributed by atoms with Gasteiger partial charge in [-0.1, -0.05) is 22.0 Å². The van der Waals surface area contributed by atoms with Crippen molar-refractivity contribution in [3.63, 3.8) is 0 Å². The molecule has 0 bridgehead atoms. The minimum Gasteiger partial charge on any atom is -0.0841 e. The summed E-state index contributed by atoms with van der Waals surface area (Å²) in [4.78, 5) is 0.358. The molecule has 0 spiro atoms. The summed E-state index contributed by atoms with van der Waals surface area (Å²) < 4.78 is 3.22. The molecule has 0 aliphatic heterocycles. The molecule has 0 heterocycles. The van der Waals surface area contributed by atoms with Gasteiger partial charge >= 0.3 is 0 Å². The third kappa shape index (κ3) is 2.34. The summed E-state index contributed by atoms with van der Waals surface area (Å²) in [5.41, 5.74) is 1.24. The van der Waals surface area contributed by atoms with Gasteiger partial charge in [0.25, 0.3) is 0 Å². The molecule has 0 saturated carbocycles. The van der Waals surface area contributed by atoms with Gasteiger partial charge in [-0.15, -0.1) is 0 Å². The Morgan fingerprint density at radius 3 is 2.17 bits per heavy atom. The molecule has 1 unspecified atom stereocenters. The van der Waals surface area contributed by atoms with Crippen LogP contribution in [0.5, 0.6) is 0 Å². The van der Waals surface area contributed by atoms with E-state index >= 15 is 0 Å². The molecule has 1 aromatic carbocycles. The van der Waals surface area contributed by atoms with Crippen LogP contribution in [-0.4, -0.2) is 0 Å². The number of hydrogen-bond acceptors (Lipinski definition) is 0. The molecule has 0 aliphatic carbocycles. The predicted molar refractivity (Wildman–Crippen MR) is 66.9 cm³/mol. The summed E-state index contributed by atoms with van der Waals surface area (Å²) >= 11 is 14.0. The van der Waals surface area contributed by atoms with Crippen LogP contribution in [0, 0.1) is 0 Å². The first-order valence-electron chi connectivity index (χ1n) is 3.31. The number of rotatable bonds is 1. The second kappa shape index (κ2) is 4.58. The van der Waals surface area contributed by atoms with E-state index in [4.69, 9.17) is 0 Å². The average molecular weight is 422 g/mol. The van der Waals surface area contributed by atoms with Crippen LogP contribution in [0.4, 0.5) is 0 Å². The van der Waals surface area contributed by atoms with Crippen molar-refractivity contribution in [1.82, 2.24) is 0 Å². The Balaban J connectivity index is 3.27. The summed E-state index contributed by atoms with van der Waals surface area (Å²) in [6.07, 6.45) is 0. The van der Waals surface area contributed by atoms with Crippen LogP contribution in [-0.2, 0) is 0 Å². The van der Waals surface area contributed by atoms with Gasteiger partial charge in [0, 0.05) is 18.2 Å². The second-order valence-corrected chi connectivity index (χ2v) is 6.19. The van der Waals surface area contributed by atoms with Crippen molar-refractivity contribution in [2.75, 3.05) is 0 Å². The van der Waals surface area contributed by atoms with Crippen molar-refractivity contribution in [2.45, 2.75) is 11.8 Å². The highest BCUT2D eigenvalue weighted by molar-refractivity contribution is 9.14. The zero-order valence-electron chi connectivity index (χ0n) is 6.24. The summed E-state index contributed by atoms with van der Waals surface area (Å²) in [6, 6.07) is 4.11. The molecule has 0 nitrogen and oxygen atoms in total. The maximum absolute atomic E-state index is 3.53. The molecule has 0 saturated heterocycles. The van der Waals surface area contributed by atoms with Gasteiger partial charge in [0.15, 0.2) is 0 Å². The van der Waals surface area contributed by atoms with E-state index in [-0.39, 0.29) is 0 Å². The molecule has 4 heteroatoms. The van der Waals surface area contributed by atoms with Crippen LogP contribution in [0.3, 0.4) is 0 Å². The van der Waals surface area contributed by atoms with Crippen molar-refractivity contribution in [2.24, 2.45) is 0 Å². The number of halogens is 4. The molecule has 0 aromatic heterocycles. The minimum absolute atomic E-state index is 0.358. The van der Waals surface area contributed by atoms with Crippen LogP contribution in [0.25, 0.3) is 0 Å². The molecule has 0 amide bonds. The first-order valence-corrected chi connectivity index (χ1v) is 6.61. The van der Waals surface area contributed by atoms with Crippen molar-refractivity contribution < 1.29 is 0 Å². The molecule has 1 atom stereocenters. The maximum Gasteiger partial charge on any atom is 0.0462 e. The molecular formula is C8H6Br4. The van der Waals surface area contributed by atoms with Gasteiger partial charge in [-0.3, -0.25) is 0 Å². The van der Waals surface area contributed by atoms with E-state index in [9.17, 15) is 0 Å². The van der Waals surface area contributed by atoms with Gasteiger partial charge in [0.2, 0.25) is 0 Å². The van der Waals surface area contributed by atoms with Crippen molar-refractivity contribution in [3.8, 4) is 0 Å². The Kier molecular flexibility index (Phi) is 4.28. The molecule has 0 radical (unpaired) electrons. The number of hydrogen-bond donors (Lipinski definition) is 0. The Hall–Kier alpha value is 1.14. The van der Waals surface area contributed by atoms with E-state index in [1.807, 2.05) is 6.07 Å². The van der Waals surface area contributed by atoms with Crippen LogP contribution in [0.1, 0.15) is 17.3 Å². The lowest BCUT2D eigenvalue weighted by atomic mass is 10.2. The fraction of sp³-hybridized carbons (Fsp3) is 0.250. The highest BCUT2D eigenvalue weighted by Crippen LogP contribution is 2.38. The summed E-state index contributed by atoms with van der Waals surface area (Å²) in [7, 11) is 0. The molecule has 12 heavy (non-hydrogen) atoms. The largest absolute Gasteiger partial charge is 0.0841 e. The first kappa shape index (κ1) is 11.2. The monoisotopic (exact) mass is 418 g/mol. The van der Waals surface area contributed by atoms with E-state index in [1.165, 1.54) is 5.56 Å². The highest BCUT2D eigenvalue weighted by Gasteiger charge is 2.10. The van der Waals surface area contributed by atoms with E-state index in [1.54, 1.807) is 0 Å². The van der Waals surface area contributed by atoms with Crippen molar-refractivity contribution >= 4 is 63.7 Å². The third-order valence-corrected chi connectivity index (χ3v) is 5.39. The summed E-state index contributed by atoms with van der Waals surface area (Å²) in [6.45, 7) is 2.10. The van der Waals surface area contributed by atoms with Crippen molar-refractivity contribution in [1.29, 1.82) is 0 Å². The highest BCUT2D eigenvalue weighted by atomic mass is 79.9. The Morgan fingerprint density at radius 2 is 1.67 bits per heavy atom. The average Bonchev–Trinajstić information content (AvgIpc) is 2.00. The van der Waals surface area contributed by atoms with Gasteiger partial charge in [-0.05, 0) is 66.3 Å². The SMILES string of the molecule is CC(Br)c1ccc(Br)c(Br)c1Br. The smallest absolute Gasteiger partial charge is 0.0462 e. The maximum atomic E-state index is 3.53. The first-order chi connectivity index (χ1) is 5.54. The standard InChI is InChI=1S/C8H6Br4/c1-4(9)5-2-3-6(10)8(12)7(5)11/h2-4H,1H3. The molecular weight excluding hydrogens is 416 g/mol. The molecule has 66 valence electrons. The number of alkyl halides is 1. The topological polar surface area (TPSA) is 0 Å². The molecule has 1 aromatic rings. The molecule has 0 aliphatic rings. The summed E-state index contributed by atoms with van der Waals surface area (Å²) in [5, 5.41) is 0. The Morgan fingerprint density at radius 1 is 1.08 bits per heavy atom. The van der Waals surface area contributed by atoms with Gasteiger partial charge < -0.3 is 0 Å². The van der Waals surface area contributed by atoms with Gasteiger partial charge in [0.05, 0.1) is 0 Å².